The summed E-state index contributed by atoms with van der Waals surface area (Å²) in [6.45, 7) is 6.57. The van der Waals surface area contributed by atoms with Gasteiger partial charge < -0.3 is 9.42 Å². The van der Waals surface area contributed by atoms with Gasteiger partial charge >= 0.3 is 0 Å². The van der Waals surface area contributed by atoms with Gasteiger partial charge in [-0.15, -0.1) is 0 Å². The quantitative estimate of drug-likeness (QED) is 0.775. The van der Waals surface area contributed by atoms with Crippen LogP contribution in [0.3, 0.4) is 0 Å². The van der Waals surface area contributed by atoms with Crippen molar-refractivity contribution in [3.8, 4) is 6.07 Å². The predicted molar refractivity (Wildman–Crippen MR) is 101 cm³/mol. The Morgan fingerprint density at radius 3 is 2.32 bits per heavy atom. The molecule has 1 aromatic heterocycles. The molecule has 28 heavy (non-hydrogen) atoms. The zero-order valence-corrected chi connectivity index (χ0v) is 16.9. The average Bonchev–Trinajstić information content (AvgIpc) is 3.09. The van der Waals surface area contributed by atoms with Gasteiger partial charge in [0.2, 0.25) is 10.0 Å². The molecule has 0 radical (unpaired) electrons. The van der Waals surface area contributed by atoms with Crippen molar-refractivity contribution in [3.05, 3.63) is 46.8 Å². The van der Waals surface area contributed by atoms with Crippen molar-refractivity contribution in [1.82, 2.24) is 14.4 Å². The second-order valence-electron chi connectivity index (χ2n) is 6.99. The molecule has 0 unspecified atom stereocenters. The summed E-state index contributed by atoms with van der Waals surface area (Å²) in [5, 5.41) is 12.8. The zero-order valence-electron chi connectivity index (χ0n) is 16.0. The topological polar surface area (TPSA) is 108 Å². The highest BCUT2D eigenvalue weighted by atomic mass is 32.2. The first-order valence-corrected chi connectivity index (χ1v) is 10.5. The molecule has 0 N–H and O–H groups in total. The fraction of sp³-hybridized carbons (Fsp3) is 0.421. The molecular weight excluding hydrogens is 380 g/mol. The monoisotopic (exact) mass is 402 g/mol. The van der Waals surface area contributed by atoms with Crippen molar-refractivity contribution in [3.63, 3.8) is 0 Å². The fourth-order valence-corrected chi connectivity index (χ4v) is 4.60. The molecule has 1 aliphatic heterocycles. The highest BCUT2D eigenvalue weighted by Gasteiger charge is 2.33. The number of amides is 1. The first-order chi connectivity index (χ1) is 13.3. The molecule has 8 nitrogen and oxygen atoms in total. The largest absolute Gasteiger partial charge is 0.360 e. The third-order valence-electron chi connectivity index (χ3n) is 4.77. The lowest BCUT2D eigenvalue weighted by atomic mass is 10.0. The Balaban J connectivity index is 1.73. The van der Waals surface area contributed by atoms with Gasteiger partial charge in [-0.05, 0) is 31.2 Å². The Hall–Kier alpha value is -2.70. The molecule has 148 valence electrons. The van der Waals surface area contributed by atoms with Crippen LogP contribution in [-0.2, 0) is 10.0 Å². The van der Waals surface area contributed by atoms with E-state index in [9.17, 15) is 13.2 Å². The number of aromatic nitrogens is 1. The SMILES string of the molecule is Cc1noc(C(C)C)c1C(=O)N1CCN(S(=O)(=O)c2ccc(C#N)cc2)CC1. The number of hydrogen-bond donors (Lipinski definition) is 0. The van der Waals surface area contributed by atoms with E-state index in [-0.39, 0.29) is 42.9 Å². The second kappa shape index (κ2) is 7.73. The van der Waals surface area contributed by atoms with E-state index in [0.29, 0.717) is 22.6 Å². The maximum absolute atomic E-state index is 12.9. The van der Waals surface area contributed by atoms with Crippen molar-refractivity contribution >= 4 is 15.9 Å². The molecule has 1 amide bonds. The third-order valence-corrected chi connectivity index (χ3v) is 6.69. The van der Waals surface area contributed by atoms with Gasteiger partial charge in [0.25, 0.3) is 5.91 Å². The number of rotatable bonds is 4. The van der Waals surface area contributed by atoms with Crippen LogP contribution in [0.15, 0.2) is 33.7 Å². The molecule has 2 heterocycles. The lowest BCUT2D eigenvalue weighted by Gasteiger charge is -2.34. The fourth-order valence-electron chi connectivity index (χ4n) is 3.18. The van der Waals surface area contributed by atoms with Gasteiger partial charge in [-0.25, -0.2) is 8.42 Å². The number of piperazine rings is 1. The van der Waals surface area contributed by atoms with E-state index in [1.807, 2.05) is 19.9 Å². The van der Waals surface area contributed by atoms with Gasteiger partial charge in [-0.1, -0.05) is 19.0 Å². The van der Waals surface area contributed by atoms with Gasteiger partial charge in [-0.2, -0.15) is 9.57 Å². The molecule has 0 spiro atoms. The smallest absolute Gasteiger partial charge is 0.259 e. The number of hydrogen-bond acceptors (Lipinski definition) is 6. The minimum atomic E-state index is -3.66. The summed E-state index contributed by atoms with van der Waals surface area (Å²) < 4.78 is 32.3. The van der Waals surface area contributed by atoms with E-state index in [4.69, 9.17) is 9.78 Å². The number of nitrogens with zero attached hydrogens (tertiary/aromatic N) is 4. The van der Waals surface area contributed by atoms with Crippen molar-refractivity contribution in [2.75, 3.05) is 26.2 Å². The minimum absolute atomic E-state index is 0.0261. The Bertz CT molecular complexity index is 1010. The maximum atomic E-state index is 12.9. The lowest BCUT2D eigenvalue weighted by molar-refractivity contribution is 0.0694. The van der Waals surface area contributed by atoms with Crippen LogP contribution >= 0.6 is 0 Å². The third kappa shape index (κ3) is 3.66. The lowest BCUT2D eigenvalue weighted by Crippen LogP contribution is -2.50. The van der Waals surface area contributed by atoms with E-state index in [2.05, 4.69) is 5.16 Å². The number of benzene rings is 1. The van der Waals surface area contributed by atoms with Crippen molar-refractivity contribution in [2.45, 2.75) is 31.6 Å². The van der Waals surface area contributed by atoms with E-state index in [1.165, 1.54) is 28.6 Å². The van der Waals surface area contributed by atoms with Gasteiger partial charge in [-0.3, -0.25) is 4.79 Å². The molecule has 0 bridgehead atoms. The van der Waals surface area contributed by atoms with E-state index in [1.54, 1.807) is 11.8 Å². The first kappa shape index (κ1) is 20.0. The van der Waals surface area contributed by atoms with Crippen LogP contribution < -0.4 is 0 Å². The minimum Gasteiger partial charge on any atom is -0.360 e. The van der Waals surface area contributed by atoms with Crippen LogP contribution in [0.2, 0.25) is 0 Å². The molecule has 9 heteroatoms. The molecule has 3 rings (SSSR count). The van der Waals surface area contributed by atoms with Gasteiger partial charge in [0, 0.05) is 32.1 Å². The van der Waals surface area contributed by atoms with E-state index >= 15 is 0 Å². The van der Waals surface area contributed by atoms with Crippen LogP contribution in [-0.4, -0.2) is 54.9 Å². The summed E-state index contributed by atoms with van der Waals surface area (Å²) in [6.07, 6.45) is 0. The molecule has 1 aliphatic rings. The standard InChI is InChI=1S/C19H22N4O4S/c1-13(2)18-17(14(3)21-27-18)19(24)22-8-10-23(11-9-22)28(25,26)16-6-4-15(12-20)5-7-16/h4-7,13H,8-11H2,1-3H3. The molecule has 0 atom stereocenters. The second-order valence-corrected chi connectivity index (χ2v) is 8.93. The molecule has 0 saturated carbocycles. The Morgan fingerprint density at radius 2 is 1.79 bits per heavy atom. The van der Waals surface area contributed by atoms with E-state index < -0.39 is 10.0 Å². The average molecular weight is 402 g/mol. The summed E-state index contributed by atoms with van der Waals surface area (Å²) >= 11 is 0. The molecule has 0 aliphatic carbocycles. The Kier molecular flexibility index (Phi) is 5.54. The highest BCUT2D eigenvalue weighted by Crippen LogP contribution is 2.25. The summed E-state index contributed by atoms with van der Waals surface area (Å²) in [5.74, 6) is 0.395. The molecule has 1 aromatic carbocycles. The van der Waals surface area contributed by atoms with Gasteiger partial charge in [0.05, 0.1) is 22.2 Å². The number of sulfonamides is 1. The van der Waals surface area contributed by atoms with Crippen molar-refractivity contribution in [1.29, 1.82) is 5.26 Å². The summed E-state index contributed by atoms with van der Waals surface area (Å²) in [4.78, 5) is 14.7. The molecule has 2 aromatic rings. The van der Waals surface area contributed by atoms with E-state index in [0.717, 1.165) is 0 Å². The van der Waals surface area contributed by atoms with Crippen LogP contribution in [0.1, 0.15) is 47.1 Å². The van der Waals surface area contributed by atoms with Crippen LogP contribution in [0.25, 0.3) is 0 Å². The predicted octanol–water partition coefficient (Wildman–Crippen LogP) is 2.12. The number of nitriles is 1. The normalized spacial score (nSPS) is 15.6. The first-order valence-electron chi connectivity index (χ1n) is 9.01. The molecule has 1 saturated heterocycles. The zero-order chi connectivity index (χ0) is 20.5. The highest BCUT2D eigenvalue weighted by molar-refractivity contribution is 7.89. The Labute approximate surface area is 164 Å². The molecular formula is C19H22N4O4S. The maximum Gasteiger partial charge on any atom is 0.259 e. The summed E-state index contributed by atoms with van der Waals surface area (Å²) in [5.41, 5.74) is 1.42. The van der Waals surface area contributed by atoms with Gasteiger partial charge in [0.15, 0.2) is 5.76 Å². The van der Waals surface area contributed by atoms with Crippen LogP contribution in [0.4, 0.5) is 0 Å². The van der Waals surface area contributed by atoms with Crippen LogP contribution in [0, 0.1) is 18.3 Å². The number of carbonyl (C=O) groups excluding carboxylic acids is 1. The summed E-state index contributed by atoms with van der Waals surface area (Å²) in [6, 6.07) is 7.79. The van der Waals surface area contributed by atoms with Crippen molar-refractivity contribution < 1.29 is 17.7 Å². The van der Waals surface area contributed by atoms with Crippen LogP contribution in [0.5, 0.6) is 0 Å². The number of carbonyl (C=O) groups is 1. The summed E-state index contributed by atoms with van der Waals surface area (Å²) in [7, 11) is -3.66. The number of aryl methyl sites for hydroxylation is 1. The molecule has 1 fully saturated rings. The van der Waals surface area contributed by atoms with Gasteiger partial charge in [0.1, 0.15) is 5.56 Å². The van der Waals surface area contributed by atoms with Crippen molar-refractivity contribution in [2.24, 2.45) is 0 Å². The Morgan fingerprint density at radius 1 is 1.18 bits per heavy atom.